The molecule has 2 N–H and O–H groups in total. The van der Waals surface area contributed by atoms with Crippen molar-refractivity contribution in [1.82, 2.24) is 10.7 Å². The Morgan fingerprint density at radius 1 is 0.967 bits per heavy atom. The van der Waals surface area contributed by atoms with Gasteiger partial charge in [-0.3, -0.25) is 9.59 Å². The highest BCUT2D eigenvalue weighted by atomic mass is 16.5. The Morgan fingerprint density at radius 2 is 1.70 bits per heavy atom. The maximum absolute atomic E-state index is 12.2. The van der Waals surface area contributed by atoms with Crippen LogP contribution in [0.15, 0.2) is 65.8 Å². The van der Waals surface area contributed by atoms with Gasteiger partial charge in [-0.15, -0.1) is 0 Å². The average Bonchev–Trinajstić information content (AvgIpc) is 2.79. The zero-order chi connectivity index (χ0) is 21.3. The molecule has 154 valence electrons. The Morgan fingerprint density at radius 3 is 2.47 bits per heavy atom. The van der Waals surface area contributed by atoms with Gasteiger partial charge in [0.1, 0.15) is 11.5 Å². The van der Waals surface area contributed by atoms with Crippen LogP contribution in [-0.4, -0.2) is 38.3 Å². The topological polar surface area (TPSA) is 89.0 Å². The Labute approximate surface area is 174 Å². The van der Waals surface area contributed by atoms with Gasteiger partial charge in [0.2, 0.25) is 0 Å². The van der Waals surface area contributed by atoms with Crippen molar-refractivity contribution in [2.24, 2.45) is 5.10 Å². The third kappa shape index (κ3) is 4.94. The van der Waals surface area contributed by atoms with Gasteiger partial charge in [-0.05, 0) is 36.6 Å². The lowest BCUT2D eigenvalue weighted by Crippen LogP contribution is -2.35. The van der Waals surface area contributed by atoms with Gasteiger partial charge in [-0.2, -0.15) is 5.10 Å². The molecule has 2 amide bonds. The predicted octanol–water partition coefficient (Wildman–Crippen LogP) is 3.13. The molecule has 0 aliphatic carbocycles. The van der Waals surface area contributed by atoms with Crippen LogP contribution < -0.4 is 20.2 Å². The highest BCUT2D eigenvalue weighted by Crippen LogP contribution is 2.27. The summed E-state index contributed by atoms with van der Waals surface area (Å²) in [6.07, 6.45) is 1.57. The summed E-state index contributed by atoms with van der Waals surface area (Å²) in [7, 11) is 1.48. The number of hydrazone groups is 1. The predicted molar refractivity (Wildman–Crippen MR) is 116 cm³/mol. The second kappa shape index (κ2) is 10.1. The summed E-state index contributed by atoms with van der Waals surface area (Å²) in [5.41, 5.74) is 3.62. The number of fused-ring (bicyclic) bond motifs is 1. The number of hydrogen-bond donors (Lipinski definition) is 2. The summed E-state index contributed by atoms with van der Waals surface area (Å²) in [5, 5.41) is 8.50. The highest BCUT2D eigenvalue weighted by molar-refractivity contribution is 6.02. The fourth-order valence-corrected chi connectivity index (χ4v) is 2.99. The number of carbonyl (C=O) groups excluding carboxylic acids is 2. The van der Waals surface area contributed by atoms with Gasteiger partial charge in [0.15, 0.2) is 0 Å². The quantitative estimate of drug-likeness (QED) is 0.445. The molecular formula is C23H23N3O4. The van der Waals surface area contributed by atoms with Crippen LogP contribution in [0.25, 0.3) is 10.8 Å². The third-order valence-corrected chi connectivity index (χ3v) is 4.37. The van der Waals surface area contributed by atoms with Crippen LogP contribution in [0, 0.1) is 0 Å². The number of methoxy groups -OCH3 is 1. The molecule has 3 rings (SSSR count). The standard InChI is InChI=1S/C23H23N3O4/c1-3-30-21-13-12-16(17-8-4-5-9-18(17)21)14-25-26-22(27)15-24-23(28)19-10-6-7-11-20(19)29-2/h4-14H,3,15H2,1-2H3,(H,24,28)(H,26,27). The van der Waals surface area contributed by atoms with E-state index in [9.17, 15) is 9.59 Å². The first-order valence-electron chi connectivity index (χ1n) is 9.51. The van der Waals surface area contributed by atoms with E-state index in [1.54, 1.807) is 30.5 Å². The van der Waals surface area contributed by atoms with Crippen LogP contribution in [0.3, 0.4) is 0 Å². The molecule has 0 aromatic heterocycles. The molecule has 0 aliphatic heterocycles. The molecule has 0 saturated heterocycles. The first-order valence-corrected chi connectivity index (χ1v) is 9.51. The van der Waals surface area contributed by atoms with Gasteiger partial charge < -0.3 is 14.8 Å². The SMILES string of the molecule is CCOc1ccc(C=NNC(=O)CNC(=O)c2ccccc2OC)c2ccccc12. The van der Waals surface area contributed by atoms with E-state index in [1.165, 1.54) is 7.11 Å². The lowest BCUT2D eigenvalue weighted by Gasteiger charge is -2.09. The monoisotopic (exact) mass is 405 g/mol. The van der Waals surface area contributed by atoms with Gasteiger partial charge in [-0.25, -0.2) is 5.43 Å². The van der Waals surface area contributed by atoms with Crippen LogP contribution in [0.5, 0.6) is 11.5 Å². The van der Waals surface area contributed by atoms with E-state index in [4.69, 9.17) is 9.47 Å². The molecule has 3 aromatic carbocycles. The number of hydrogen-bond acceptors (Lipinski definition) is 5. The van der Waals surface area contributed by atoms with Crippen molar-refractivity contribution in [1.29, 1.82) is 0 Å². The second-order valence-electron chi connectivity index (χ2n) is 6.31. The molecule has 0 spiro atoms. The van der Waals surface area contributed by atoms with Crippen LogP contribution in [0.1, 0.15) is 22.8 Å². The first kappa shape index (κ1) is 20.9. The summed E-state index contributed by atoms with van der Waals surface area (Å²) in [6, 6.07) is 18.4. The zero-order valence-electron chi connectivity index (χ0n) is 16.8. The largest absolute Gasteiger partial charge is 0.496 e. The number of para-hydroxylation sites is 1. The molecule has 7 heteroatoms. The lowest BCUT2D eigenvalue weighted by molar-refractivity contribution is -0.120. The molecule has 0 unspecified atom stereocenters. The van der Waals surface area contributed by atoms with Crippen molar-refractivity contribution in [2.45, 2.75) is 6.92 Å². The zero-order valence-corrected chi connectivity index (χ0v) is 16.8. The Bertz CT molecular complexity index is 1080. The minimum Gasteiger partial charge on any atom is -0.496 e. The third-order valence-electron chi connectivity index (χ3n) is 4.37. The maximum Gasteiger partial charge on any atom is 0.259 e. The van der Waals surface area contributed by atoms with Crippen molar-refractivity contribution in [3.05, 3.63) is 71.8 Å². The Balaban J connectivity index is 1.61. The summed E-state index contributed by atoms with van der Waals surface area (Å²) in [4.78, 5) is 24.3. The van der Waals surface area contributed by atoms with E-state index in [-0.39, 0.29) is 6.54 Å². The van der Waals surface area contributed by atoms with Gasteiger partial charge in [0, 0.05) is 10.9 Å². The first-order chi connectivity index (χ1) is 14.6. The summed E-state index contributed by atoms with van der Waals surface area (Å²) in [5.74, 6) is 0.401. The van der Waals surface area contributed by atoms with E-state index in [1.807, 2.05) is 43.3 Å². The summed E-state index contributed by atoms with van der Waals surface area (Å²) in [6.45, 7) is 2.30. The van der Waals surface area contributed by atoms with Crippen LogP contribution >= 0.6 is 0 Å². The van der Waals surface area contributed by atoms with Crippen molar-refractivity contribution in [3.8, 4) is 11.5 Å². The lowest BCUT2D eigenvalue weighted by atomic mass is 10.0. The van der Waals surface area contributed by atoms with Crippen LogP contribution in [0.2, 0.25) is 0 Å². The summed E-state index contributed by atoms with van der Waals surface area (Å²) >= 11 is 0. The number of nitrogens with one attached hydrogen (secondary N) is 2. The number of amides is 2. The van der Waals surface area contributed by atoms with Gasteiger partial charge >= 0.3 is 0 Å². The highest BCUT2D eigenvalue weighted by Gasteiger charge is 2.12. The maximum atomic E-state index is 12.2. The molecule has 0 saturated carbocycles. The van der Waals surface area contributed by atoms with E-state index >= 15 is 0 Å². The molecule has 30 heavy (non-hydrogen) atoms. The molecule has 0 atom stereocenters. The van der Waals surface area contributed by atoms with E-state index < -0.39 is 11.8 Å². The average molecular weight is 405 g/mol. The Hall–Kier alpha value is -3.87. The fourth-order valence-electron chi connectivity index (χ4n) is 2.99. The van der Waals surface area contributed by atoms with Gasteiger partial charge in [0.25, 0.3) is 11.8 Å². The second-order valence-corrected chi connectivity index (χ2v) is 6.31. The molecule has 0 bridgehead atoms. The Kier molecular flexibility index (Phi) is 7.00. The number of benzene rings is 3. The van der Waals surface area contributed by atoms with E-state index in [0.717, 1.165) is 22.1 Å². The van der Waals surface area contributed by atoms with Crippen molar-refractivity contribution >= 4 is 28.8 Å². The van der Waals surface area contributed by atoms with Crippen LogP contribution in [-0.2, 0) is 4.79 Å². The van der Waals surface area contributed by atoms with Crippen LogP contribution in [0.4, 0.5) is 0 Å². The minimum atomic E-state index is -0.440. The van der Waals surface area contributed by atoms with Gasteiger partial charge in [-0.1, -0.05) is 36.4 Å². The van der Waals surface area contributed by atoms with Crippen molar-refractivity contribution in [3.63, 3.8) is 0 Å². The number of ether oxygens (including phenoxy) is 2. The molecule has 7 nitrogen and oxygen atoms in total. The molecule has 0 aliphatic rings. The molecular weight excluding hydrogens is 382 g/mol. The van der Waals surface area contributed by atoms with Crippen molar-refractivity contribution in [2.75, 3.05) is 20.3 Å². The summed E-state index contributed by atoms with van der Waals surface area (Å²) < 4.78 is 10.8. The molecule has 0 fully saturated rings. The van der Waals surface area contributed by atoms with E-state index in [2.05, 4.69) is 15.8 Å². The smallest absolute Gasteiger partial charge is 0.259 e. The molecule has 0 heterocycles. The number of nitrogens with zero attached hydrogens (tertiary/aromatic N) is 1. The minimum absolute atomic E-state index is 0.210. The normalized spacial score (nSPS) is 10.7. The van der Waals surface area contributed by atoms with Gasteiger partial charge in [0.05, 0.1) is 32.0 Å². The molecule has 0 radical (unpaired) electrons. The number of carbonyl (C=O) groups is 2. The van der Waals surface area contributed by atoms with Crippen molar-refractivity contribution < 1.29 is 19.1 Å². The fraction of sp³-hybridized carbons (Fsp3) is 0.174. The number of rotatable bonds is 8. The van der Waals surface area contributed by atoms with E-state index in [0.29, 0.717) is 17.9 Å². The molecule has 3 aromatic rings.